The maximum atomic E-state index is 12.3. The van der Waals surface area contributed by atoms with E-state index in [2.05, 4.69) is 5.32 Å². The molecule has 0 aliphatic heterocycles. The van der Waals surface area contributed by atoms with E-state index in [4.69, 9.17) is 5.73 Å². The Morgan fingerprint density at radius 2 is 1.36 bits per heavy atom. The number of carbonyl (C=O) groups is 5. The molecule has 0 rings (SSSR count). The van der Waals surface area contributed by atoms with Crippen LogP contribution in [-0.2, 0) is 24.0 Å². The number of hydrogen-bond donors (Lipinski definition) is 2. The predicted octanol–water partition coefficient (Wildman–Crippen LogP) is -1.20. The summed E-state index contributed by atoms with van der Waals surface area (Å²) in [4.78, 5) is 60.9. The number of imide groups is 1. The number of ketones is 3. The van der Waals surface area contributed by atoms with Crippen LogP contribution in [-0.4, -0.2) is 58.7 Å². The Morgan fingerprint density at radius 1 is 0.955 bits per heavy atom. The average Bonchev–Trinajstić information content (AvgIpc) is 2.35. The van der Waals surface area contributed by atoms with Crippen LogP contribution >= 0.6 is 0 Å². The Balaban J connectivity index is 6.46. The van der Waals surface area contributed by atoms with Gasteiger partial charge in [-0.2, -0.15) is 0 Å². The summed E-state index contributed by atoms with van der Waals surface area (Å²) in [6.07, 6.45) is 0. The Kier molecular flexibility index (Phi) is 7.21. The summed E-state index contributed by atoms with van der Waals surface area (Å²) in [5.74, 6) is -3.67. The minimum absolute atomic E-state index is 0.135. The first-order valence-electron chi connectivity index (χ1n) is 6.82. The van der Waals surface area contributed by atoms with E-state index in [0.29, 0.717) is 4.90 Å². The summed E-state index contributed by atoms with van der Waals surface area (Å²) in [7, 11) is 0. The van der Waals surface area contributed by atoms with Gasteiger partial charge >= 0.3 is 0 Å². The molecule has 0 aromatic heterocycles. The molecule has 0 aliphatic carbocycles. The normalized spacial score (nSPS) is 12.5. The third-order valence-corrected chi connectivity index (χ3v) is 3.37. The summed E-state index contributed by atoms with van der Waals surface area (Å²) in [6.45, 7) is 5.71. The van der Waals surface area contributed by atoms with Crippen LogP contribution in [0, 0.1) is 0 Å². The van der Waals surface area contributed by atoms with E-state index in [0.717, 1.165) is 27.7 Å². The second-order valence-corrected chi connectivity index (χ2v) is 5.04. The molecule has 0 heterocycles. The van der Waals surface area contributed by atoms with E-state index in [-0.39, 0.29) is 13.1 Å². The first-order chi connectivity index (χ1) is 10.0. The number of Topliss-reactive ketones (excluding diaryl/α,β-unsaturated/α-hetero) is 3. The van der Waals surface area contributed by atoms with Crippen molar-refractivity contribution in [2.45, 2.75) is 46.2 Å². The molecule has 1 unspecified atom stereocenters. The highest BCUT2D eigenvalue weighted by atomic mass is 16.2. The SMILES string of the molecule is CC(=O)C(NCCN)C(C(C)=O)(C(C)=O)N(C(C)=O)C(C)=O. The summed E-state index contributed by atoms with van der Waals surface area (Å²) in [5.41, 5.74) is 3.17. The Hall–Kier alpha value is -1.93. The number of nitrogens with zero attached hydrogens (tertiary/aromatic N) is 1. The fraction of sp³-hybridized carbons (Fsp3) is 0.643. The summed E-state index contributed by atoms with van der Waals surface area (Å²) in [5, 5.41) is 2.70. The highest BCUT2D eigenvalue weighted by Gasteiger charge is 2.56. The molecule has 0 aromatic carbocycles. The number of rotatable bonds is 8. The van der Waals surface area contributed by atoms with Gasteiger partial charge < -0.3 is 11.1 Å². The minimum Gasteiger partial charge on any atom is -0.329 e. The fourth-order valence-electron chi connectivity index (χ4n) is 2.63. The Bertz CT molecular complexity index is 473. The van der Waals surface area contributed by atoms with Gasteiger partial charge in [0.2, 0.25) is 11.8 Å². The van der Waals surface area contributed by atoms with Crippen LogP contribution in [0.4, 0.5) is 0 Å². The smallest absolute Gasteiger partial charge is 0.227 e. The maximum absolute atomic E-state index is 12.3. The molecule has 124 valence electrons. The molecule has 22 heavy (non-hydrogen) atoms. The molecular formula is C14H23N3O5. The lowest BCUT2D eigenvalue weighted by molar-refractivity contribution is -0.163. The number of nitrogens with one attached hydrogen (secondary N) is 1. The van der Waals surface area contributed by atoms with E-state index in [1.165, 1.54) is 6.92 Å². The van der Waals surface area contributed by atoms with Crippen LogP contribution in [0.1, 0.15) is 34.6 Å². The number of carbonyl (C=O) groups excluding carboxylic acids is 5. The standard InChI is InChI=1S/C14H23N3O5/c1-8(18)13(16-7-6-15)14(9(2)19,10(3)20)17(11(4)21)12(5)22/h13,16H,6-7,15H2,1-5H3. The van der Waals surface area contributed by atoms with Gasteiger partial charge in [0, 0.05) is 26.9 Å². The van der Waals surface area contributed by atoms with E-state index in [1.54, 1.807) is 0 Å². The van der Waals surface area contributed by atoms with Crippen LogP contribution in [0.15, 0.2) is 0 Å². The van der Waals surface area contributed by atoms with Crippen LogP contribution < -0.4 is 11.1 Å². The zero-order valence-corrected chi connectivity index (χ0v) is 13.6. The molecule has 0 saturated carbocycles. The molecule has 0 fully saturated rings. The average molecular weight is 313 g/mol. The summed E-state index contributed by atoms with van der Waals surface area (Å²) < 4.78 is 0. The molecule has 0 aromatic rings. The second-order valence-electron chi connectivity index (χ2n) is 5.04. The summed E-state index contributed by atoms with van der Waals surface area (Å²) in [6, 6.07) is -1.35. The topological polar surface area (TPSA) is 127 Å². The van der Waals surface area contributed by atoms with Crippen molar-refractivity contribution < 1.29 is 24.0 Å². The van der Waals surface area contributed by atoms with Crippen molar-refractivity contribution in [3.63, 3.8) is 0 Å². The van der Waals surface area contributed by atoms with E-state index in [9.17, 15) is 24.0 Å². The van der Waals surface area contributed by atoms with Gasteiger partial charge in [-0.05, 0) is 20.8 Å². The first-order valence-corrected chi connectivity index (χ1v) is 6.82. The molecule has 8 nitrogen and oxygen atoms in total. The van der Waals surface area contributed by atoms with Crippen molar-refractivity contribution >= 4 is 29.2 Å². The quantitative estimate of drug-likeness (QED) is 0.539. The maximum Gasteiger partial charge on any atom is 0.227 e. The second kappa shape index (κ2) is 7.90. The number of nitrogens with two attached hydrogens (primary N) is 1. The van der Waals surface area contributed by atoms with Crippen molar-refractivity contribution in [1.82, 2.24) is 10.2 Å². The molecule has 0 saturated heterocycles. The van der Waals surface area contributed by atoms with Crippen molar-refractivity contribution in [2.75, 3.05) is 13.1 Å². The lowest BCUT2D eigenvalue weighted by Gasteiger charge is -2.42. The third kappa shape index (κ3) is 3.63. The fourth-order valence-corrected chi connectivity index (χ4v) is 2.63. The van der Waals surface area contributed by atoms with Gasteiger partial charge in [-0.25, -0.2) is 0 Å². The molecule has 0 bridgehead atoms. The molecule has 0 spiro atoms. The monoisotopic (exact) mass is 313 g/mol. The van der Waals surface area contributed by atoms with E-state index in [1.807, 2.05) is 0 Å². The van der Waals surface area contributed by atoms with Gasteiger partial charge in [-0.3, -0.25) is 28.9 Å². The third-order valence-electron chi connectivity index (χ3n) is 3.37. The zero-order chi connectivity index (χ0) is 17.7. The molecule has 3 N–H and O–H groups in total. The van der Waals surface area contributed by atoms with Gasteiger partial charge in [0.1, 0.15) is 11.8 Å². The van der Waals surface area contributed by atoms with Gasteiger partial charge in [0.25, 0.3) is 0 Å². The summed E-state index contributed by atoms with van der Waals surface area (Å²) >= 11 is 0. The zero-order valence-electron chi connectivity index (χ0n) is 13.6. The minimum atomic E-state index is -2.21. The number of hydrogen-bond acceptors (Lipinski definition) is 7. The van der Waals surface area contributed by atoms with Crippen LogP contribution in [0.25, 0.3) is 0 Å². The Morgan fingerprint density at radius 3 is 1.59 bits per heavy atom. The largest absolute Gasteiger partial charge is 0.329 e. The molecular weight excluding hydrogens is 290 g/mol. The number of amides is 2. The molecule has 8 heteroatoms. The predicted molar refractivity (Wildman–Crippen MR) is 78.8 cm³/mol. The van der Waals surface area contributed by atoms with Crippen LogP contribution in [0.5, 0.6) is 0 Å². The van der Waals surface area contributed by atoms with Crippen LogP contribution in [0.2, 0.25) is 0 Å². The molecule has 0 aliphatic rings. The van der Waals surface area contributed by atoms with Crippen molar-refractivity contribution in [3.05, 3.63) is 0 Å². The Labute approximate surface area is 129 Å². The van der Waals surface area contributed by atoms with Gasteiger partial charge in [-0.15, -0.1) is 0 Å². The van der Waals surface area contributed by atoms with E-state index >= 15 is 0 Å². The lowest BCUT2D eigenvalue weighted by Crippen LogP contribution is -2.73. The van der Waals surface area contributed by atoms with Gasteiger partial charge in [0.05, 0.1) is 0 Å². The first kappa shape index (κ1) is 20.1. The highest BCUT2D eigenvalue weighted by Crippen LogP contribution is 2.25. The van der Waals surface area contributed by atoms with Crippen LogP contribution in [0.3, 0.4) is 0 Å². The van der Waals surface area contributed by atoms with Crippen molar-refractivity contribution in [3.8, 4) is 0 Å². The molecule has 2 amide bonds. The van der Waals surface area contributed by atoms with Gasteiger partial charge in [0.15, 0.2) is 17.1 Å². The van der Waals surface area contributed by atoms with Crippen molar-refractivity contribution in [1.29, 1.82) is 0 Å². The molecule has 1 atom stereocenters. The molecule has 0 radical (unpaired) electrons. The highest BCUT2D eigenvalue weighted by molar-refractivity contribution is 6.19. The van der Waals surface area contributed by atoms with Gasteiger partial charge in [-0.1, -0.05) is 0 Å². The van der Waals surface area contributed by atoms with E-state index < -0.39 is 40.7 Å². The van der Waals surface area contributed by atoms with Crippen molar-refractivity contribution in [2.24, 2.45) is 5.73 Å². The lowest BCUT2D eigenvalue weighted by atomic mass is 9.78.